The van der Waals surface area contributed by atoms with Crippen LogP contribution in [0.3, 0.4) is 0 Å². The monoisotopic (exact) mass is 290 g/mol. The van der Waals surface area contributed by atoms with E-state index in [4.69, 9.17) is 26.2 Å². The molecule has 6 nitrogen and oxygen atoms in total. The summed E-state index contributed by atoms with van der Waals surface area (Å²) >= 11 is 5.90. The SMILES string of the molecule is OC[C@@H]1O[C@@H](Oc2ccccc2Cl)[C@H](O)[C@H](O)[C@@H]1O. The van der Waals surface area contributed by atoms with Crippen LogP contribution in [0.2, 0.25) is 5.02 Å². The number of aliphatic hydroxyl groups is 4. The van der Waals surface area contributed by atoms with Gasteiger partial charge in [0.2, 0.25) is 6.29 Å². The number of rotatable bonds is 3. The molecule has 0 aromatic heterocycles. The molecule has 1 aromatic carbocycles. The summed E-state index contributed by atoms with van der Waals surface area (Å²) in [6.45, 7) is -0.507. The molecule has 0 amide bonds. The van der Waals surface area contributed by atoms with Gasteiger partial charge in [0, 0.05) is 0 Å². The summed E-state index contributed by atoms with van der Waals surface area (Å²) in [6, 6.07) is 6.57. The Balaban J connectivity index is 2.13. The topological polar surface area (TPSA) is 99.4 Å². The molecule has 1 aliphatic heterocycles. The van der Waals surface area contributed by atoms with Crippen LogP contribution in [0.4, 0.5) is 0 Å². The second-order valence-corrected chi connectivity index (χ2v) is 4.65. The van der Waals surface area contributed by atoms with Crippen molar-refractivity contribution in [1.29, 1.82) is 0 Å². The van der Waals surface area contributed by atoms with Crippen molar-refractivity contribution < 1.29 is 29.9 Å². The molecule has 0 spiro atoms. The minimum atomic E-state index is -1.47. The lowest BCUT2D eigenvalue weighted by molar-refractivity contribution is -0.277. The van der Waals surface area contributed by atoms with Gasteiger partial charge >= 0.3 is 0 Å². The standard InChI is InChI=1S/C12H15ClO6/c13-6-3-1-2-4-7(6)18-12-11(17)10(16)9(15)8(5-14)19-12/h1-4,8-12,14-17H,5H2/t8-,9+,10+,11+,12+/m0/s1. The molecule has 1 aromatic rings. The normalized spacial score (nSPS) is 35.1. The van der Waals surface area contributed by atoms with Crippen molar-refractivity contribution in [3.05, 3.63) is 29.3 Å². The second kappa shape index (κ2) is 6.04. The van der Waals surface area contributed by atoms with Gasteiger partial charge in [-0.15, -0.1) is 0 Å². The molecule has 0 bridgehead atoms. The van der Waals surface area contributed by atoms with Crippen molar-refractivity contribution in [3.63, 3.8) is 0 Å². The highest BCUT2D eigenvalue weighted by molar-refractivity contribution is 6.32. The van der Waals surface area contributed by atoms with E-state index in [9.17, 15) is 15.3 Å². The maximum absolute atomic E-state index is 9.79. The molecule has 106 valence electrons. The van der Waals surface area contributed by atoms with Gasteiger partial charge < -0.3 is 29.9 Å². The highest BCUT2D eigenvalue weighted by Gasteiger charge is 2.44. The van der Waals surface area contributed by atoms with Crippen LogP contribution in [0.5, 0.6) is 5.75 Å². The summed E-state index contributed by atoms with van der Waals surface area (Å²) in [4.78, 5) is 0. The van der Waals surface area contributed by atoms with Crippen LogP contribution in [0, 0.1) is 0 Å². The first-order valence-electron chi connectivity index (χ1n) is 5.76. The first-order valence-corrected chi connectivity index (χ1v) is 6.14. The van der Waals surface area contributed by atoms with E-state index < -0.39 is 37.3 Å². The van der Waals surface area contributed by atoms with Gasteiger partial charge in [0.25, 0.3) is 0 Å². The first kappa shape index (κ1) is 14.5. The number of hydrogen-bond donors (Lipinski definition) is 4. The zero-order chi connectivity index (χ0) is 14.0. The van der Waals surface area contributed by atoms with Crippen molar-refractivity contribution >= 4 is 11.6 Å². The van der Waals surface area contributed by atoms with E-state index in [1.165, 1.54) is 0 Å². The Morgan fingerprint density at radius 3 is 2.42 bits per heavy atom. The fraction of sp³-hybridized carbons (Fsp3) is 0.500. The summed E-state index contributed by atoms with van der Waals surface area (Å²) in [7, 11) is 0. The third-order valence-electron chi connectivity index (χ3n) is 2.93. The molecule has 0 unspecified atom stereocenters. The van der Waals surface area contributed by atoms with Crippen molar-refractivity contribution in [2.45, 2.75) is 30.7 Å². The Morgan fingerprint density at radius 1 is 1.11 bits per heavy atom. The van der Waals surface area contributed by atoms with E-state index in [2.05, 4.69) is 0 Å². The van der Waals surface area contributed by atoms with Gasteiger partial charge in [-0.05, 0) is 12.1 Å². The summed E-state index contributed by atoms with van der Waals surface area (Å²) in [5.41, 5.74) is 0. The van der Waals surface area contributed by atoms with Crippen LogP contribution in [0.15, 0.2) is 24.3 Å². The molecule has 7 heteroatoms. The van der Waals surface area contributed by atoms with Gasteiger partial charge in [-0.25, -0.2) is 0 Å². The third kappa shape index (κ3) is 3.00. The van der Waals surface area contributed by atoms with Crippen LogP contribution in [0.25, 0.3) is 0 Å². The Kier molecular flexibility index (Phi) is 4.62. The molecule has 1 saturated heterocycles. The fourth-order valence-electron chi connectivity index (χ4n) is 1.83. The summed E-state index contributed by atoms with van der Waals surface area (Å²) < 4.78 is 10.6. The van der Waals surface area contributed by atoms with Crippen molar-refractivity contribution in [2.24, 2.45) is 0 Å². The Bertz CT molecular complexity index is 426. The Morgan fingerprint density at radius 2 is 1.79 bits per heavy atom. The smallest absolute Gasteiger partial charge is 0.229 e. The fourth-order valence-corrected chi connectivity index (χ4v) is 2.01. The number of para-hydroxylation sites is 1. The van der Waals surface area contributed by atoms with Gasteiger partial charge in [-0.2, -0.15) is 0 Å². The van der Waals surface area contributed by atoms with Gasteiger partial charge in [0.15, 0.2) is 0 Å². The quantitative estimate of drug-likeness (QED) is 0.600. The first-order chi connectivity index (χ1) is 9.04. The lowest BCUT2D eigenvalue weighted by Crippen LogP contribution is -2.60. The predicted octanol–water partition coefficient (Wildman–Crippen LogP) is -0.481. The highest BCUT2D eigenvalue weighted by atomic mass is 35.5. The summed E-state index contributed by atoms with van der Waals surface area (Å²) in [6.07, 6.45) is -6.57. The van der Waals surface area contributed by atoms with Gasteiger partial charge in [-0.3, -0.25) is 0 Å². The van der Waals surface area contributed by atoms with Gasteiger partial charge in [-0.1, -0.05) is 23.7 Å². The Labute approximate surface area is 114 Å². The number of benzene rings is 1. The molecule has 0 aliphatic carbocycles. The van der Waals surface area contributed by atoms with Crippen LogP contribution < -0.4 is 4.74 Å². The molecule has 2 rings (SSSR count). The van der Waals surface area contributed by atoms with Gasteiger partial charge in [0.05, 0.1) is 11.6 Å². The molecule has 5 atom stereocenters. The number of aliphatic hydroxyl groups excluding tert-OH is 4. The molecule has 1 heterocycles. The maximum Gasteiger partial charge on any atom is 0.229 e. The molecular weight excluding hydrogens is 276 g/mol. The van der Waals surface area contributed by atoms with E-state index in [0.717, 1.165) is 0 Å². The number of halogens is 1. The van der Waals surface area contributed by atoms with Crippen LogP contribution >= 0.6 is 11.6 Å². The average molecular weight is 291 g/mol. The van der Waals surface area contributed by atoms with E-state index in [1.807, 2.05) is 0 Å². The zero-order valence-corrected chi connectivity index (χ0v) is 10.6. The second-order valence-electron chi connectivity index (χ2n) is 4.25. The largest absolute Gasteiger partial charge is 0.460 e. The Hall–Kier alpha value is -0.890. The predicted molar refractivity (Wildman–Crippen MR) is 65.8 cm³/mol. The molecule has 1 aliphatic rings. The molecular formula is C12H15ClO6. The average Bonchev–Trinajstić information content (AvgIpc) is 2.41. The van der Waals surface area contributed by atoms with Crippen LogP contribution in [0.1, 0.15) is 0 Å². The molecule has 0 radical (unpaired) electrons. The van der Waals surface area contributed by atoms with E-state index in [1.54, 1.807) is 24.3 Å². The van der Waals surface area contributed by atoms with Crippen molar-refractivity contribution in [2.75, 3.05) is 6.61 Å². The van der Waals surface area contributed by atoms with E-state index >= 15 is 0 Å². The maximum atomic E-state index is 9.79. The van der Waals surface area contributed by atoms with E-state index in [0.29, 0.717) is 5.02 Å². The van der Waals surface area contributed by atoms with Crippen molar-refractivity contribution in [3.8, 4) is 5.75 Å². The highest BCUT2D eigenvalue weighted by Crippen LogP contribution is 2.28. The van der Waals surface area contributed by atoms with Gasteiger partial charge in [0.1, 0.15) is 30.2 Å². The minimum absolute atomic E-state index is 0.272. The minimum Gasteiger partial charge on any atom is -0.460 e. The van der Waals surface area contributed by atoms with Crippen molar-refractivity contribution in [1.82, 2.24) is 0 Å². The molecule has 1 fully saturated rings. The lowest BCUT2D eigenvalue weighted by Gasteiger charge is -2.39. The van der Waals surface area contributed by atoms with E-state index in [-0.39, 0.29) is 5.75 Å². The molecule has 0 saturated carbocycles. The third-order valence-corrected chi connectivity index (χ3v) is 3.24. The number of ether oxygens (including phenoxy) is 2. The van der Waals surface area contributed by atoms with Crippen LogP contribution in [-0.2, 0) is 4.74 Å². The molecule has 19 heavy (non-hydrogen) atoms. The van der Waals surface area contributed by atoms with Crippen LogP contribution in [-0.4, -0.2) is 57.7 Å². The summed E-state index contributed by atoms with van der Waals surface area (Å²) in [5, 5.41) is 38.4. The summed E-state index contributed by atoms with van der Waals surface area (Å²) in [5.74, 6) is 0.272. The lowest BCUT2D eigenvalue weighted by atomic mass is 9.99. The molecule has 4 N–H and O–H groups in total. The number of hydrogen-bond acceptors (Lipinski definition) is 6. The zero-order valence-electron chi connectivity index (χ0n) is 9.89.